The second-order valence-electron chi connectivity index (χ2n) is 7.88. The standard InChI is InChI=1S/C22H25NO5/c1-5-27-19(25)21(20(26)28-6-2)11-16-13(3)18-22(16,12-21)15-9-7-8-10-17(15)23(18)14(4)24/h7-10,16,18H,3,5-6,11-12H2,1-2,4H3/t16-,18-,22+/m0/s1. The summed E-state index contributed by atoms with van der Waals surface area (Å²) < 4.78 is 10.6. The fourth-order valence-electron chi connectivity index (χ4n) is 5.73. The zero-order valence-electron chi connectivity index (χ0n) is 16.5. The molecule has 1 heterocycles. The predicted octanol–water partition coefficient (Wildman–Crippen LogP) is 2.75. The molecule has 2 aliphatic carbocycles. The number of benzene rings is 1. The number of para-hydroxylation sites is 1. The topological polar surface area (TPSA) is 72.9 Å². The van der Waals surface area contributed by atoms with Crippen LogP contribution in [0, 0.1) is 11.3 Å². The lowest BCUT2D eigenvalue weighted by molar-refractivity contribution is -0.172. The van der Waals surface area contributed by atoms with Gasteiger partial charge in [-0.15, -0.1) is 0 Å². The highest BCUT2D eigenvalue weighted by molar-refractivity contribution is 6.03. The maximum atomic E-state index is 13.0. The van der Waals surface area contributed by atoms with Gasteiger partial charge in [0.2, 0.25) is 5.91 Å². The van der Waals surface area contributed by atoms with Gasteiger partial charge in [0.1, 0.15) is 0 Å². The van der Waals surface area contributed by atoms with Crippen molar-refractivity contribution in [2.75, 3.05) is 18.1 Å². The lowest BCUT2D eigenvalue weighted by Gasteiger charge is -2.52. The normalized spacial score (nSPS) is 28.7. The summed E-state index contributed by atoms with van der Waals surface area (Å²) in [5.41, 5.74) is 0.866. The van der Waals surface area contributed by atoms with Crippen molar-refractivity contribution in [2.24, 2.45) is 11.3 Å². The van der Waals surface area contributed by atoms with Gasteiger partial charge in [-0.2, -0.15) is 0 Å². The third kappa shape index (κ3) is 2.06. The number of amides is 1. The lowest BCUT2D eigenvalue weighted by Crippen LogP contribution is -2.60. The molecule has 148 valence electrons. The molecule has 1 spiro atoms. The third-order valence-corrected chi connectivity index (χ3v) is 6.65. The number of rotatable bonds is 4. The van der Waals surface area contributed by atoms with Crippen molar-refractivity contribution in [2.45, 2.75) is 45.1 Å². The lowest BCUT2D eigenvalue weighted by atomic mass is 9.54. The van der Waals surface area contributed by atoms with Gasteiger partial charge in [0.05, 0.1) is 19.3 Å². The van der Waals surface area contributed by atoms with Crippen LogP contribution in [0.2, 0.25) is 0 Å². The van der Waals surface area contributed by atoms with E-state index in [1.165, 1.54) is 6.92 Å². The van der Waals surface area contributed by atoms with Crippen molar-refractivity contribution >= 4 is 23.5 Å². The highest BCUT2D eigenvalue weighted by Crippen LogP contribution is 2.72. The average Bonchev–Trinajstić information content (AvgIpc) is 3.13. The SMILES string of the molecule is C=C1[C@@H]2N(C(C)=O)c3ccccc3[C@@]23CC(C(=O)OCC)(C(=O)OCC)C[C@@H]13. The Hall–Kier alpha value is -2.63. The number of carbonyl (C=O) groups excluding carboxylic acids is 3. The Labute approximate surface area is 164 Å². The number of fused-ring (bicyclic) bond motifs is 1. The molecule has 1 aliphatic heterocycles. The summed E-state index contributed by atoms with van der Waals surface area (Å²) in [4.78, 5) is 40.2. The van der Waals surface area contributed by atoms with Gasteiger partial charge < -0.3 is 14.4 Å². The Morgan fingerprint density at radius 1 is 1.14 bits per heavy atom. The van der Waals surface area contributed by atoms with Gasteiger partial charge in [-0.05, 0) is 49.8 Å². The summed E-state index contributed by atoms with van der Waals surface area (Å²) in [7, 11) is 0. The Balaban J connectivity index is 1.86. The molecule has 4 rings (SSSR count). The summed E-state index contributed by atoms with van der Waals surface area (Å²) in [5.74, 6) is -1.22. The Kier molecular flexibility index (Phi) is 4.14. The summed E-state index contributed by atoms with van der Waals surface area (Å²) in [6.07, 6.45) is 0.576. The van der Waals surface area contributed by atoms with Crippen LogP contribution >= 0.6 is 0 Å². The number of anilines is 1. The minimum absolute atomic E-state index is 0.0707. The largest absolute Gasteiger partial charge is 0.465 e. The van der Waals surface area contributed by atoms with Crippen LogP contribution in [0.25, 0.3) is 0 Å². The fourth-order valence-corrected chi connectivity index (χ4v) is 5.73. The first-order valence-electron chi connectivity index (χ1n) is 9.77. The average molecular weight is 383 g/mol. The maximum Gasteiger partial charge on any atom is 0.323 e. The van der Waals surface area contributed by atoms with E-state index < -0.39 is 22.8 Å². The van der Waals surface area contributed by atoms with Crippen LogP contribution < -0.4 is 4.90 Å². The fraction of sp³-hybridized carbons (Fsp3) is 0.500. The molecule has 28 heavy (non-hydrogen) atoms. The molecule has 1 aromatic carbocycles. The summed E-state index contributed by atoms with van der Waals surface area (Å²) in [5, 5.41) is 0. The summed E-state index contributed by atoms with van der Waals surface area (Å²) in [6.45, 7) is 9.61. The number of ether oxygens (including phenoxy) is 2. The first-order chi connectivity index (χ1) is 13.3. The van der Waals surface area contributed by atoms with Crippen LogP contribution in [0.1, 0.15) is 39.2 Å². The highest BCUT2D eigenvalue weighted by atomic mass is 16.6. The Morgan fingerprint density at radius 3 is 2.32 bits per heavy atom. The molecule has 0 saturated heterocycles. The van der Waals surface area contributed by atoms with Gasteiger partial charge >= 0.3 is 11.9 Å². The van der Waals surface area contributed by atoms with Gasteiger partial charge in [0.15, 0.2) is 5.41 Å². The first kappa shape index (κ1) is 18.7. The molecule has 2 saturated carbocycles. The van der Waals surface area contributed by atoms with E-state index in [4.69, 9.17) is 9.47 Å². The highest BCUT2D eigenvalue weighted by Gasteiger charge is 2.76. The minimum atomic E-state index is -1.37. The van der Waals surface area contributed by atoms with Crippen LogP contribution in [-0.2, 0) is 29.3 Å². The van der Waals surface area contributed by atoms with Crippen molar-refractivity contribution in [3.8, 4) is 0 Å². The molecule has 0 aromatic heterocycles. The van der Waals surface area contributed by atoms with Crippen LogP contribution in [-0.4, -0.2) is 37.1 Å². The zero-order chi connectivity index (χ0) is 20.3. The number of hydrogen-bond donors (Lipinski definition) is 0. The van der Waals surface area contributed by atoms with Gasteiger partial charge in [0.25, 0.3) is 0 Å². The molecule has 3 atom stereocenters. The maximum absolute atomic E-state index is 13.0. The molecule has 1 aromatic rings. The minimum Gasteiger partial charge on any atom is -0.465 e. The molecule has 0 radical (unpaired) electrons. The quantitative estimate of drug-likeness (QED) is 0.454. The number of esters is 2. The van der Waals surface area contributed by atoms with E-state index in [1.807, 2.05) is 24.3 Å². The van der Waals surface area contributed by atoms with E-state index in [2.05, 4.69) is 6.58 Å². The predicted molar refractivity (Wildman–Crippen MR) is 103 cm³/mol. The van der Waals surface area contributed by atoms with Crippen LogP contribution in [0.3, 0.4) is 0 Å². The van der Waals surface area contributed by atoms with Crippen molar-refractivity contribution in [3.05, 3.63) is 42.0 Å². The van der Waals surface area contributed by atoms with E-state index in [0.29, 0.717) is 6.42 Å². The molecular formula is C22H25NO5. The van der Waals surface area contributed by atoms with Crippen LogP contribution in [0.5, 0.6) is 0 Å². The molecule has 6 heteroatoms. The van der Waals surface area contributed by atoms with Crippen molar-refractivity contribution in [1.29, 1.82) is 0 Å². The molecular weight excluding hydrogens is 358 g/mol. The molecule has 0 unspecified atom stereocenters. The third-order valence-electron chi connectivity index (χ3n) is 6.65. The van der Waals surface area contributed by atoms with Gasteiger partial charge in [-0.25, -0.2) is 0 Å². The van der Waals surface area contributed by atoms with Crippen molar-refractivity contribution < 1.29 is 23.9 Å². The second-order valence-corrected chi connectivity index (χ2v) is 7.88. The molecule has 1 amide bonds. The smallest absolute Gasteiger partial charge is 0.323 e. The number of nitrogens with zero attached hydrogens (tertiary/aromatic N) is 1. The van der Waals surface area contributed by atoms with Gasteiger partial charge in [-0.3, -0.25) is 14.4 Å². The first-order valence-corrected chi connectivity index (χ1v) is 9.77. The van der Waals surface area contributed by atoms with Crippen LogP contribution in [0.15, 0.2) is 36.4 Å². The van der Waals surface area contributed by atoms with E-state index in [-0.39, 0.29) is 37.5 Å². The molecule has 0 bridgehead atoms. The number of carbonyl (C=O) groups is 3. The monoisotopic (exact) mass is 383 g/mol. The van der Waals surface area contributed by atoms with Crippen molar-refractivity contribution in [3.63, 3.8) is 0 Å². The Morgan fingerprint density at radius 2 is 1.75 bits per heavy atom. The van der Waals surface area contributed by atoms with E-state index in [9.17, 15) is 14.4 Å². The van der Waals surface area contributed by atoms with Gasteiger partial charge in [-0.1, -0.05) is 24.8 Å². The Bertz CT molecular complexity index is 873. The molecule has 6 nitrogen and oxygen atoms in total. The molecule has 2 fully saturated rings. The molecule has 0 N–H and O–H groups in total. The van der Waals surface area contributed by atoms with E-state index in [1.54, 1.807) is 18.7 Å². The van der Waals surface area contributed by atoms with E-state index in [0.717, 1.165) is 16.8 Å². The van der Waals surface area contributed by atoms with E-state index >= 15 is 0 Å². The van der Waals surface area contributed by atoms with Crippen LogP contribution in [0.4, 0.5) is 5.69 Å². The number of hydrogen-bond acceptors (Lipinski definition) is 5. The second kappa shape index (κ2) is 6.19. The molecule has 3 aliphatic rings. The summed E-state index contributed by atoms with van der Waals surface area (Å²) in [6, 6.07) is 7.51. The summed E-state index contributed by atoms with van der Waals surface area (Å²) >= 11 is 0. The zero-order valence-corrected chi connectivity index (χ0v) is 16.5. The van der Waals surface area contributed by atoms with Gasteiger partial charge in [0, 0.05) is 18.0 Å². The van der Waals surface area contributed by atoms with Crippen molar-refractivity contribution in [1.82, 2.24) is 0 Å².